The van der Waals surface area contributed by atoms with E-state index in [-0.39, 0.29) is 5.82 Å². The van der Waals surface area contributed by atoms with Crippen LogP contribution in [-0.2, 0) is 0 Å². The zero-order valence-electron chi connectivity index (χ0n) is 5.74. The molecule has 62 valence electrons. The highest BCUT2D eigenvalue weighted by Crippen LogP contribution is 2.22. The summed E-state index contributed by atoms with van der Waals surface area (Å²) in [6.07, 6.45) is 0. The van der Waals surface area contributed by atoms with Gasteiger partial charge in [0.2, 0.25) is 0 Å². The first kappa shape index (κ1) is 8.19. The minimum absolute atomic E-state index is 0.332. The van der Waals surface area contributed by atoms with Gasteiger partial charge in [0.25, 0.3) is 0 Å². The van der Waals surface area contributed by atoms with Crippen LogP contribution in [-0.4, -0.2) is 9.97 Å². The Hall–Kier alpha value is -0.420. The zero-order chi connectivity index (χ0) is 8.72. The molecule has 0 aliphatic rings. The first-order chi connectivity index (χ1) is 5.66. The Morgan fingerprint density at radius 1 is 1.33 bits per heavy atom. The van der Waals surface area contributed by atoms with E-state index in [4.69, 9.17) is 0 Å². The highest BCUT2D eigenvalue weighted by Gasteiger charge is 2.06. The molecule has 0 aliphatic carbocycles. The highest BCUT2D eigenvalue weighted by molar-refractivity contribution is 9.10. The Labute approximate surface area is 84.4 Å². The van der Waals surface area contributed by atoms with E-state index in [9.17, 15) is 4.39 Å². The minimum atomic E-state index is -0.332. The maximum atomic E-state index is 13.1. The SMILES string of the molecule is Fc1cc(Br)cc2[nH]c(Br)nc12. The molecule has 0 aliphatic heterocycles. The van der Waals surface area contributed by atoms with Crippen LogP contribution in [0.25, 0.3) is 11.0 Å². The van der Waals surface area contributed by atoms with Gasteiger partial charge in [0.05, 0.1) is 5.52 Å². The summed E-state index contributed by atoms with van der Waals surface area (Å²) in [4.78, 5) is 6.79. The molecule has 5 heteroatoms. The topological polar surface area (TPSA) is 28.7 Å². The Morgan fingerprint density at radius 2 is 2.08 bits per heavy atom. The van der Waals surface area contributed by atoms with E-state index >= 15 is 0 Å². The van der Waals surface area contributed by atoms with E-state index in [0.717, 1.165) is 0 Å². The number of H-pyrrole nitrogens is 1. The molecule has 1 aromatic heterocycles. The minimum Gasteiger partial charge on any atom is -0.332 e. The average molecular weight is 294 g/mol. The number of hydrogen-bond acceptors (Lipinski definition) is 1. The first-order valence-corrected chi connectivity index (χ1v) is 4.75. The molecule has 0 unspecified atom stereocenters. The molecule has 0 saturated carbocycles. The van der Waals surface area contributed by atoms with Crippen LogP contribution in [0.3, 0.4) is 0 Å². The molecule has 12 heavy (non-hydrogen) atoms. The predicted molar refractivity (Wildman–Crippen MR) is 51.5 cm³/mol. The second-order valence-electron chi connectivity index (χ2n) is 2.31. The Balaban J connectivity index is 2.88. The number of nitrogens with one attached hydrogen (secondary N) is 1. The summed E-state index contributed by atoms with van der Waals surface area (Å²) in [6.45, 7) is 0. The molecule has 1 N–H and O–H groups in total. The maximum absolute atomic E-state index is 13.1. The summed E-state index contributed by atoms with van der Waals surface area (Å²) in [6, 6.07) is 3.16. The van der Waals surface area contributed by atoms with Crippen LogP contribution in [0.1, 0.15) is 0 Å². The zero-order valence-corrected chi connectivity index (χ0v) is 8.91. The lowest BCUT2D eigenvalue weighted by molar-refractivity contribution is 0.636. The Morgan fingerprint density at radius 3 is 2.83 bits per heavy atom. The van der Waals surface area contributed by atoms with E-state index < -0.39 is 0 Å². The van der Waals surface area contributed by atoms with Crippen molar-refractivity contribution in [2.75, 3.05) is 0 Å². The van der Waals surface area contributed by atoms with Crippen molar-refractivity contribution < 1.29 is 4.39 Å². The number of imidazole rings is 1. The third-order valence-electron chi connectivity index (χ3n) is 1.48. The number of aromatic amines is 1. The van der Waals surface area contributed by atoms with Crippen molar-refractivity contribution in [3.63, 3.8) is 0 Å². The number of fused-ring (bicyclic) bond motifs is 1. The van der Waals surface area contributed by atoms with E-state index in [0.29, 0.717) is 20.2 Å². The van der Waals surface area contributed by atoms with Crippen LogP contribution in [0.2, 0.25) is 0 Å². The lowest BCUT2D eigenvalue weighted by Crippen LogP contribution is -1.77. The number of rotatable bonds is 0. The molecular formula is C7H3Br2FN2. The Bertz CT molecular complexity index is 438. The summed E-state index contributed by atoms with van der Waals surface area (Å²) in [7, 11) is 0. The lowest BCUT2D eigenvalue weighted by Gasteiger charge is -1.91. The molecule has 1 heterocycles. The summed E-state index contributed by atoms with van der Waals surface area (Å²) in [5, 5.41) is 0. The van der Waals surface area contributed by atoms with Crippen LogP contribution in [0.4, 0.5) is 4.39 Å². The molecule has 1 aromatic carbocycles. The molecular weight excluding hydrogens is 291 g/mol. The van der Waals surface area contributed by atoms with Crippen molar-refractivity contribution in [2.24, 2.45) is 0 Å². The van der Waals surface area contributed by atoms with Gasteiger partial charge in [-0.1, -0.05) is 15.9 Å². The average Bonchev–Trinajstić information content (AvgIpc) is 2.29. The molecule has 0 bridgehead atoms. The number of aromatic nitrogens is 2. The first-order valence-electron chi connectivity index (χ1n) is 3.17. The van der Waals surface area contributed by atoms with E-state index in [2.05, 4.69) is 41.8 Å². The molecule has 2 aromatic rings. The van der Waals surface area contributed by atoms with Gasteiger partial charge in [-0.25, -0.2) is 9.37 Å². The van der Waals surface area contributed by atoms with Crippen molar-refractivity contribution in [1.82, 2.24) is 9.97 Å². The number of nitrogens with zero attached hydrogens (tertiary/aromatic N) is 1. The summed E-state index contributed by atoms with van der Waals surface area (Å²) >= 11 is 6.32. The third-order valence-corrected chi connectivity index (χ3v) is 2.31. The van der Waals surface area contributed by atoms with Crippen molar-refractivity contribution >= 4 is 42.9 Å². The fraction of sp³-hybridized carbons (Fsp3) is 0. The smallest absolute Gasteiger partial charge is 0.175 e. The van der Waals surface area contributed by atoms with E-state index in [1.807, 2.05) is 0 Å². The number of halogens is 3. The van der Waals surface area contributed by atoms with Gasteiger partial charge in [-0.2, -0.15) is 0 Å². The summed E-state index contributed by atoms with van der Waals surface area (Å²) in [5.41, 5.74) is 1.03. The lowest BCUT2D eigenvalue weighted by atomic mass is 10.3. The van der Waals surface area contributed by atoms with Crippen molar-refractivity contribution in [3.8, 4) is 0 Å². The molecule has 0 spiro atoms. The van der Waals surface area contributed by atoms with Crippen molar-refractivity contribution in [1.29, 1.82) is 0 Å². The second-order valence-corrected chi connectivity index (χ2v) is 3.98. The highest BCUT2D eigenvalue weighted by atomic mass is 79.9. The fourth-order valence-corrected chi connectivity index (χ4v) is 1.83. The number of hydrogen-bond donors (Lipinski definition) is 1. The monoisotopic (exact) mass is 292 g/mol. The predicted octanol–water partition coefficient (Wildman–Crippen LogP) is 3.23. The van der Waals surface area contributed by atoms with E-state index in [1.54, 1.807) is 6.07 Å². The Kier molecular flexibility index (Phi) is 1.92. The molecule has 0 saturated heterocycles. The van der Waals surface area contributed by atoms with Gasteiger partial charge < -0.3 is 4.98 Å². The molecule has 0 atom stereocenters. The van der Waals surface area contributed by atoms with Gasteiger partial charge in [-0.05, 0) is 28.1 Å². The molecule has 0 fully saturated rings. The molecule has 0 radical (unpaired) electrons. The van der Waals surface area contributed by atoms with Crippen LogP contribution in [0.5, 0.6) is 0 Å². The van der Waals surface area contributed by atoms with E-state index in [1.165, 1.54) is 6.07 Å². The third kappa shape index (κ3) is 1.27. The van der Waals surface area contributed by atoms with Crippen LogP contribution in [0, 0.1) is 5.82 Å². The quantitative estimate of drug-likeness (QED) is 0.794. The summed E-state index contributed by atoms with van der Waals surface area (Å²) < 4.78 is 14.4. The maximum Gasteiger partial charge on any atom is 0.175 e. The van der Waals surface area contributed by atoms with Gasteiger partial charge in [0.15, 0.2) is 10.6 Å². The fourth-order valence-electron chi connectivity index (χ4n) is 1.01. The van der Waals surface area contributed by atoms with Gasteiger partial charge >= 0.3 is 0 Å². The van der Waals surface area contributed by atoms with Gasteiger partial charge in [0, 0.05) is 4.47 Å². The van der Waals surface area contributed by atoms with Crippen LogP contribution in [0.15, 0.2) is 21.3 Å². The normalized spacial score (nSPS) is 10.9. The summed E-state index contributed by atoms with van der Waals surface area (Å²) in [5.74, 6) is -0.332. The van der Waals surface area contributed by atoms with Crippen LogP contribution >= 0.6 is 31.9 Å². The van der Waals surface area contributed by atoms with Gasteiger partial charge in [-0.3, -0.25) is 0 Å². The molecule has 0 amide bonds. The van der Waals surface area contributed by atoms with Crippen molar-refractivity contribution in [2.45, 2.75) is 0 Å². The molecule has 2 rings (SSSR count). The second kappa shape index (κ2) is 2.81. The van der Waals surface area contributed by atoms with Gasteiger partial charge in [0.1, 0.15) is 5.52 Å². The van der Waals surface area contributed by atoms with Crippen LogP contribution < -0.4 is 0 Å². The van der Waals surface area contributed by atoms with Crippen molar-refractivity contribution in [3.05, 3.63) is 27.2 Å². The standard InChI is InChI=1S/C7H3Br2FN2/c8-3-1-4(10)6-5(2-3)11-7(9)12-6/h1-2H,(H,11,12). The molecule has 2 nitrogen and oxygen atoms in total. The largest absolute Gasteiger partial charge is 0.332 e. The van der Waals surface area contributed by atoms with Gasteiger partial charge in [-0.15, -0.1) is 0 Å². The number of benzene rings is 1.